The van der Waals surface area contributed by atoms with Gasteiger partial charge in [-0.3, -0.25) is 14.4 Å². The lowest BCUT2D eigenvalue weighted by Crippen LogP contribution is -2.45. The Hall–Kier alpha value is -6.15. The molecule has 15 heteroatoms. The maximum absolute atomic E-state index is 13.8. The lowest BCUT2D eigenvalue weighted by atomic mass is 9.81. The van der Waals surface area contributed by atoms with Gasteiger partial charge in [0, 0.05) is 95.1 Å². The Labute approximate surface area is 474 Å². The number of carbonyl (C=O) groups excluding carboxylic acids is 5. The molecule has 0 atom stereocenters. The van der Waals surface area contributed by atoms with E-state index in [1.807, 2.05) is 70.5 Å². The SMILES string of the molecule is COC(=O)c1ccc2c(C3CCCCC3)c3n(c2c1)CCC(=O)N(CC(=O)N1CCCCC1)c1cc(Cl)ccc1-3.COC(=O)c1ccc2c(C3CCCCC3)c3n(c2c1)CCC(=O)N(CCN1CCCCC1)c1cc(Cl)ccc1-3. The number of methoxy groups -OCH3 is 2. The maximum Gasteiger partial charge on any atom is 0.337 e. The van der Waals surface area contributed by atoms with Crippen molar-refractivity contribution in [2.75, 3.05) is 69.8 Å². The topological polar surface area (TPSA) is 127 Å². The molecule has 3 amide bonds. The zero-order chi connectivity index (χ0) is 54.7. The first kappa shape index (κ1) is 54.8. The molecule has 4 aromatic carbocycles. The van der Waals surface area contributed by atoms with Crippen LogP contribution in [0.1, 0.15) is 159 Å². The van der Waals surface area contributed by atoms with E-state index < -0.39 is 0 Å². The summed E-state index contributed by atoms with van der Waals surface area (Å²) in [5, 5.41) is 3.46. The minimum Gasteiger partial charge on any atom is -0.465 e. The van der Waals surface area contributed by atoms with Gasteiger partial charge in [0.05, 0.1) is 48.1 Å². The largest absolute Gasteiger partial charge is 0.465 e. The molecule has 13 nitrogen and oxygen atoms in total. The average Bonchev–Trinajstić information content (AvgIpc) is 4.23. The van der Waals surface area contributed by atoms with Gasteiger partial charge in [0.1, 0.15) is 6.54 Å². The molecule has 416 valence electrons. The van der Waals surface area contributed by atoms with Crippen molar-refractivity contribution in [2.45, 2.75) is 141 Å². The zero-order valence-corrected chi connectivity index (χ0v) is 47.5. The van der Waals surface area contributed by atoms with Crippen LogP contribution in [0.2, 0.25) is 10.0 Å². The monoisotopic (exact) mass is 1110 g/mol. The van der Waals surface area contributed by atoms with E-state index in [0.717, 1.165) is 117 Å². The van der Waals surface area contributed by atoms with E-state index in [9.17, 15) is 24.0 Å². The summed E-state index contributed by atoms with van der Waals surface area (Å²) >= 11 is 13.1. The van der Waals surface area contributed by atoms with Gasteiger partial charge in [-0.05, 0) is 155 Å². The van der Waals surface area contributed by atoms with E-state index in [1.54, 1.807) is 4.90 Å². The van der Waals surface area contributed by atoms with Crippen LogP contribution < -0.4 is 9.80 Å². The summed E-state index contributed by atoms with van der Waals surface area (Å²) in [7, 11) is 2.81. The quantitative estimate of drug-likeness (QED) is 0.131. The first-order chi connectivity index (χ1) is 38.5. The Bertz CT molecular complexity index is 3280. The molecule has 4 fully saturated rings. The number of halogens is 2. The van der Waals surface area contributed by atoms with Crippen LogP contribution in [0.15, 0.2) is 72.8 Å². The van der Waals surface area contributed by atoms with Crippen LogP contribution in [0, 0.1) is 0 Å². The number of ether oxygens (including phenoxy) is 2. The van der Waals surface area contributed by atoms with E-state index in [1.165, 1.54) is 94.2 Å². The fraction of sp³-hybridized carbons (Fsp3) is 0.484. The Balaban J connectivity index is 0.000000167. The molecule has 12 rings (SSSR count). The minimum absolute atomic E-state index is 0.0116. The highest BCUT2D eigenvalue weighted by Gasteiger charge is 2.35. The van der Waals surface area contributed by atoms with E-state index in [-0.39, 0.29) is 42.6 Å². The average molecular weight is 1110 g/mol. The Kier molecular flexibility index (Phi) is 16.8. The van der Waals surface area contributed by atoms with Crippen LogP contribution in [-0.2, 0) is 36.9 Å². The first-order valence-corrected chi connectivity index (χ1v) is 30.0. The van der Waals surface area contributed by atoms with E-state index in [0.29, 0.717) is 64.8 Å². The summed E-state index contributed by atoms with van der Waals surface area (Å²) in [6, 6.07) is 23.4. The number of fused-ring (bicyclic) bond motifs is 10. The van der Waals surface area contributed by atoms with Gasteiger partial charge in [-0.15, -0.1) is 0 Å². The van der Waals surface area contributed by atoms with Crippen molar-refractivity contribution in [3.8, 4) is 22.5 Å². The van der Waals surface area contributed by atoms with Crippen LogP contribution in [-0.4, -0.2) is 109 Å². The number of aromatic nitrogens is 2. The van der Waals surface area contributed by atoms with Gasteiger partial charge >= 0.3 is 11.9 Å². The summed E-state index contributed by atoms with van der Waals surface area (Å²) in [5.41, 5.74) is 11.4. The molecule has 2 aromatic heterocycles. The normalized spacial score (nSPS) is 18.6. The molecule has 0 spiro atoms. The number of likely N-dealkylation sites (tertiary alicyclic amines) is 2. The number of hydrogen-bond donors (Lipinski definition) is 0. The molecule has 4 aliphatic heterocycles. The van der Waals surface area contributed by atoms with Gasteiger partial charge in [0.25, 0.3) is 0 Å². The number of carbonyl (C=O) groups is 5. The summed E-state index contributed by atoms with van der Waals surface area (Å²) in [6.07, 6.45) is 19.4. The summed E-state index contributed by atoms with van der Waals surface area (Å²) < 4.78 is 14.6. The fourth-order valence-electron chi connectivity index (χ4n) is 13.9. The zero-order valence-electron chi connectivity index (χ0n) is 46.0. The van der Waals surface area contributed by atoms with Gasteiger partial charge in [-0.2, -0.15) is 0 Å². The summed E-state index contributed by atoms with van der Waals surface area (Å²) in [4.78, 5) is 73.9. The summed E-state index contributed by atoms with van der Waals surface area (Å²) in [6.45, 7) is 6.27. The van der Waals surface area contributed by atoms with Gasteiger partial charge in [0.15, 0.2) is 0 Å². The molecule has 0 bridgehead atoms. The second-order valence-corrected chi connectivity index (χ2v) is 23.5. The number of anilines is 2. The number of esters is 2. The van der Waals surface area contributed by atoms with Gasteiger partial charge in [-0.1, -0.05) is 80.3 Å². The van der Waals surface area contributed by atoms with Crippen molar-refractivity contribution >= 4 is 86.0 Å². The Morgan fingerprint density at radius 2 is 0.949 bits per heavy atom. The lowest BCUT2D eigenvalue weighted by molar-refractivity contribution is -0.132. The van der Waals surface area contributed by atoms with E-state index in [4.69, 9.17) is 32.7 Å². The third-order valence-corrected chi connectivity index (χ3v) is 18.3. The third kappa shape index (κ3) is 11.2. The highest BCUT2D eigenvalue weighted by atomic mass is 35.5. The number of benzene rings is 4. The molecular formula is C64H74Cl2N6O7. The van der Waals surface area contributed by atoms with Gasteiger partial charge in [-0.25, -0.2) is 9.59 Å². The molecular weight excluding hydrogens is 1040 g/mol. The van der Waals surface area contributed by atoms with E-state index in [2.05, 4.69) is 26.2 Å². The molecule has 0 radical (unpaired) electrons. The van der Waals surface area contributed by atoms with Crippen LogP contribution in [0.4, 0.5) is 11.4 Å². The van der Waals surface area contributed by atoms with Crippen molar-refractivity contribution < 1.29 is 33.4 Å². The lowest BCUT2D eigenvalue weighted by Gasteiger charge is -2.33. The number of rotatable bonds is 9. The minimum atomic E-state index is -0.381. The maximum atomic E-state index is 13.8. The van der Waals surface area contributed by atoms with Gasteiger partial charge in [0.2, 0.25) is 17.7 Å². The van der Waals surface area contributed by atoms with Crippen molar-refractivity contribution in [1.29, 1.82) is 0 Å². The molecule has 2 saturated carbocycles. The number of amides is 3. The smallest absolute Gasteiger partial charge is 0.337 e. The molecule has 6 aromatic rings. The van der Waals surface area contributed by atoms with Crippen molar-refractivity contribution in [2.24, 2.45) is 0 Å². The standard InChI is InChI=1S/C32H36ClN3O4.C32H38ClN3O3/c1-40-32(39)22-10-12-24-26(18-22)35-17-14-28(37)36(20-29(38)34-15-6-3-7-16-34)27-19-23(33)11-13-25(27)31(35)30(24)21-8-4-2-5-9-21;1-39-32(38)23-10-12-25-27(20-23)36-17-14-29(37)35(19-18-34-15-6-3-7-16-34)28-21-24(33)11-13-26(28)31(36)30(25)22-8-4-2-5-9-22/h10-13,18-19,21H,2-9,14-17,20H2,1H3;10-13,20-22H,2-9,14-19H2,1H3. The summed E-state index contributed by atoms with van der Waals surface area (Å²) in [5.74, 6) is 0.0877. The first-order valence-electron chi connectivity index (χ1n) is 29.2. The number of piperidine rings is 2. The second-order valence-electron chi connectivity index (χ2n) is 22.6. The Morgan fingerprint density at radius 3 is 1.43 bits per heavy atom. The highest BCUT2D eigenvalue weighted by molar-refractivity contribution is 6.31. The molecule has 2 saturated heterocycles. The number of hydrogen-bond acceptors (Lipinski definition) is 8. The van der Waals surface area contributed by atoms with Crippen molar-refractivity contribution in [3.63, 3.8) is 0 Å². The Morgan fingerprint density at radius 1 is 0.506 bits per heavy atom. The predicted molar refractivity (Wildman–Crippen MR) is 314 cm³/mol. The molecule has 2 aliphatic carbocycles. The molecule has 0 N–H and O–H groups in total. The number of aryl methyl sites for hydroxylation is 2. The number of nitrogens with zero attached hydrogens (tertiary/aromatic N) is 6. The molecule has 6 aliphatic rings. The van der Waals surface area contributed by atoms with Crippen molar-refractivity contribution in [3.05, 3.63) is 105 Å². The fourth-order valence-corrected chi connectivity index (χ4v) is 14.3. The predicted octanol–water partition coefficient (Wildman–Crippen LogP) is 13.6. The highest BCUT2D eigenvalue weighted by Crippen LogP contribution is 2.50. The van der Waals surface area contributed by atoms with Crippen LogP contribution in [0.5, 0.6) is 0 Å². The molecule has 6 heterocycles. The van der Waals surface area contributed by atoms with Crippen LogP contribution in [0.25, 0.3) is 44.3 Å². The van der Waals surface area contributed by atoms with Gasteiger partial charge < -0.3 is 38.2 Å². The van der Waals surface area contributed by atoms with Crippen LogP contribution >= 0.6 is 23.2 Å². The van der Waals surface area contributed by atoms with Crippen molar-refractivity contribution in [1.82, 2.24) is 18.9 Å². The van der Waals surface area contributed by atoms with E-state index >= 15 is 0 Å². The van der Waals surface area contributed by atoms with Crippen LogP contribution in [0.3, 0.4) is 0 Å². The molecule has 0 unspecified atom stereocenters. The second kappa shape index (κ2) is 24.3. The third-order valence-electron chi connectivity index (χ3n) is 17.9. The molecule has 79 heavy (non-hydrogen) atoms.